The average Bonchev–Trinajstić information content (AvgIpc) is 4.13. The normalized spacial score (nSPS) is 29.8. The number of carbonyl (C=O) groups is 1. The second-order valence-electron chi connectivity index (χ2n) is 17.4. The highest BCUT2D eigenvalue weighted by Gasteiger charge is 2.53. The molecule has 1 amide bonds. The molecule has 0 saturated carbocycles. The number of amides is 1. The summed E-state index contributed by atoms with van der Waals surface area (Å²) in [4.78, 5) is 114. The molecule has 0 spiro atoms. The summed E-state index contributed by atoms with van der Waals surface area (Å²) >= 11 is 5.24. The molecule has 3 aliphatic heterocycles. The number of H-pyrrole nitrogens is 2. The van der Waals surface area contributed by atoms with E-state index in [1.165, 1.54) is 52.4 Å². The maximum atomic E-state index is 13.3. The summed E-state index contributed by atoms with van der Waals surface area (Å²) in [5.41, 5.74) is 9.36. The lowest BCUT2D eigenvalue weighted by Gasteiger charge is -2.28. The lowest BCUT2D eigenvalue weighted by atomic mass is 9.94. The van der Waals surface area contributed by atoms with E-state index in [4.69, 9.17) is 60.3 Å². The number of aromatic amines is 2. The number of phosphoric acid groups is 3. The van der Waals surface area contributed by atoms with E-state index >= 15 is 0 Å². The van der Waals surface area contributed by atoms with E-state index in [0.717, 1.165) is 30.3 Å². The minimum absolute atomic E-state index is 0.00209. The third-order valence-electron chi connectivity index (χ3n) is 12.1. The van der Waals surface area contributed by atoms with Gasteiger partial charge in [0.1, 0.15) is 54.6 Å². The van der Waals surface area contributed by atoms with Gasteiger partial charge in [0, 0.05) is 45.8 Å². The lowest BCUT2D eigenvalue weighted by molar-refractivity contribution is -0.745. The molecule has 8 heterocycles. The first-order chi connectivity index (χ1) is 36.0. The van der Waals surface area contributed by atoms with Crippen molar-refractivity contribution in [2.75, 3.05) is 52.5 Å². The summed E-state index contributed by atoms with van der Waals surface area (Å²) < 4.78 is 97.3. The number of hydrogen-bond acceptors (Lipinski definition) is 27. The van der Waals surface area contributed by atoms with Crippen LogP contribution in [0.15, 0.2) is 45.6 Å². The number of nitrogen functional groups attached to an aromatic ring is 2. The van der Waals surface area contributed by atoms with Crippen molar-refractivity contribution in [1.82, 2.24) is 48.5 Å². The van der Waals surface area contributed by atoms with Crippen molar-refractivity contribution < 1.29 is 104 Å². The fourth-order valence-corrected chi connectivity index (χ4v) is 13.5. The maximum Gasteiger partial charge on any atom is 0.490 e. The van der Waals surface area contributed by atoms with Crippen LogP contribution >= 0.6 is 30.2 Å². The van der Waals surface area contributed by atoms with Gasteiger partial charge in [-0.05, 0) is 11.8 Å². The Labute approximate surface area is 434 Å². The number of fused-ring (bicyclic) bond motifs is 2. The molecule has 42 heteroatoms. The van der Waals surface area contributed by atoms with Gasteiger partial charge in [-0.25, -0.2) is 38.0 Å². The van der Waals surface area contributed by atoms with Gasteiger partial charge >= 0.3 is 41.5 Å². The van der Waals surface area contributed by atoms with Crippen LogP contribution in [0.1, 0.15) is 25.1 Å². The average molecular weight is 1190 g/mol. The van der Waals surface area contributed by atoms with Gasteiger partial charge in [-0.3, -0.25) is 51.6 Å². The van der Waals surface area contributed by atoms with Gasteiger partial charge in [-0.2, -0.15) is 8.62 Å². The quantitative estimate of drug-likeness (QED) is 0.0246. The number of hydrogen-bond donors (Lipinski definition) is 11. The van der Waals surface area contributed by atoms with Gasteiger partial charge in [-0.1, -0.05) is 4.98 Å². The molecule has 5 aromatic heterocycles. The second-order valence-corrected chi connectivity index (χ2v) is 24.8. The van der Waals surface area contributed by atoms with E-state index in [1.807, 2.05) is 4.98 Å². The molecule has 3 fully saturated rings. The molecule has 5 aromatic rings. The fourth-order valence-electron chi connectivity index (χ4n) is 8.51. The Hall–Kier alpha value is -4.69. The molecule has 8 rings (SSSR count). The standard InChI is InChI=1S/C35H49N13O24P4S/c1-44(2)19(50)7-14-15(67-31(22(14)51)48-13-45(3)21-29(48)42-34(37)43-30(21)54)8-64-73(56,57)71-75(60,61)72-74(58,59)65-10-17-25(26(63-4)33(69-17)47-12-40-20-27(36)38-11-39-28(20)47)70-76(62,77)66-9-16-23(52)24(53)32(68-16)46-6-5-18(49)41-35(46)55/h5-6,11-17,22-26,31-33,51-53H,7-10H2,1-4H3,(H9-,36,37,38,39,41,42,43,49,54,55,56,57,58,59,60,61,62,77)/p+1/t14-,15-,16-,17-,22-,23-,24-,25-,26-,31-,32-,33-,76?/m1/s1. The van der Waals surface area contributed by atoms with Gasteiger partial charge in [0.05, 0.1) is 39.3 Å². The van der Waals surface area contributed by atoms with Crippen molar-refractivity contribution in [3.8, 4) is 0 Å². The second kappa shape index (κ2) is 22.4. The minimum atomic E-state index is -6.20. The first-order valence-electron chi connectivity index (χ1n) is 22.1. The SMILES string of the molecule is CO[C@@H]1[C@H](OP(O)(=S)OC[C@H]2O[C@@H](n3ccc(=O)[nH]c3=O)[C@H](O)[C@@H]2O)[C@@H](COP(=O)(O)OP(=O)(O)OP(=O)(O)OC[C@H]2O[C@@H]([n+]3cn(C)c4c(=O)[nH]c(N)nc43)[C@H](O)[C@@H]2CC(=O)N(C)C)O[C@H]1n1cnc2c(N)ncnc21. The molecule has 3 aliphatic rings. The molecule has 0 radical (unpaired) electrons. The first kappa shape index (κ1) is 58.5. The van der Waals surface area contributed by atoms with Crippen molar-refractivity contribution >= 4 is 82.0 Å². The summed E-state index contributed by atoms with van der Waals surface area (Å²) in [6.45, 7) is -7.67. The van der Waals surface area contributed by atoms with Crippen molar-refractivity contribution in [3.63, 3.8) is 0 Å². The number of nitrogens with zero attached hydrogens (tertiary/aromatic N) is 9. The molecular weight excluding hydrogens is 1140 g/mol. The molecule has 16 atom stereocenters. The predicted octanol–water partition coefficient (Wildman–Crippen LogP) is -4.03. The van der Waals surface area contributed by atoms with Crippen LogP contribution in [0.4, 0.5) is 11.8 Å². The summed E-state index contributed by atoms with van der Waals surface area (Å²) in [5.74, 6) is -2.13. The summed E-state index contributed by atoms with van der Waals surface area (Å²) in [6, 6.07) is 0.954. The van der Waals surface area contributed by atoms with Gasteiger partial charge in [0.25, 0.3) is 17.1 Å². The summed E-state index contributed by atoms with van der Waals surface area (Å²) in [6.07, 6.45) is -13.2. The van der Waals surface area contributed by atoms with Gasteiger partial charge in [-0.15, -0.1) is 0 Å². The van der Waals surface area contributed by atoms with Crippen LogP contribution in [0, 0.1) is 5.92 Å². The summed E-state index contributed by atoms with van der Waals surface area (Å²) in [5, 5.41) is 32.9. The van der Waals surface area contributed by atoms with Crippen LogP contribution in [-0.4, -0.2) is 179 Å². The molecule has 77 heavy (non-hydrogen) atoms. The van der Waals surface area contributed by atoms with Crippen molar-refractivity contribution in [3.05, 3.63) is 62.4 Å². The highest BCUT2D eigenvalue weighted by atomic mass is 32.5. The molecule has 13 N–H and O–H groups in total. The van der Waals surface area contributed by atoms with Gasteiger partial charge in [0.15, 0.2) is 30.2 Å². The smallest absolute Gasteiger partial charge is 0.387 e. The maximum absolute atomic E-state index is 13.3. The van der Waals surface area contributed by atoms with Crippen LogP contribution in [0.25, 0.3) is 22.3 Å². The van der Waals surface area contributed by atoms with E-state index in [1.54, 1.807) is 0 Å². The van der Waals surface area contributed by atoms with E-state index < -0.39 is 153 Å². The summed E-state index contributed by atoms with van der Waals surface area (Å²) in [7, 11) is -12.6. The van der Waals surface area contributed by atoms with E-state index in [9.17, 15) is 67.8 Å². The largest absolute Gasteiger partial charge is 0.490 e. The monoisotopic (exact) mass is 1190 g/mol. The van der Waals surface area contributed by atoms with Crippen molar-refractivity contribution in [2.24, 2.45) is 13.0 Å². The molecule has 0 aromatic carbocycles. The van der Waals surface area contributed by atoms with Gasteiger partial charge in [0.2, 0.25) is 17.7 Å². The van der Waals surface area contributed by atoms with Crippen LogP contribution in [0.3, 0.4) is 0 Å². The third-order valence-corrected chi connectivity index (χ3v) is 17.9. The Morgan fingerprint density at radius 3 is 2.14 bits per heavy atom. The molecule has 0 bridgehead atoms. The van der Waals surface area contributed by atoms with Crippen LogP contribution in [0.2, 0.25) is 0 Å². The molecule has 4 unspecified atom stereocenters. The molecule has 3 saturated heterocycles. The number of ether oxygens (including phenoxy) is 4. The number of aliphatic hydroxyl groups excluding tert-OH is 3. The molecule has 424 valence electrons. The number of aliphatic hydroxyl groups is 3. The lowest BCUT2D eigenvalue weighted by Crippen LogP contribution is -2.45. The third kappa shape index (κ3) is 12.7. The Balaban J connectivity index is 0.951. The number of nitrogens with two attached hydrogens (primary N) is 2. The zero-order valence-corrected chi connectivity index (χ0v) is 44.5. The fraction of sp³-hybridized carbons (Fsp3) is 0.571. The Kier molecular flexibility index (Phi) is 17.0. The highest BCUT2D eigenvalue weighted by molar-refractivity contribution is 8.07. The zero-order chi connectivity index (χ0) is 56.3. The topological polar surface area (TPSA) is 510 Å². The number of aryl methyl sites for hydroxylation is 1. The Morgan fingerprint density at radius 2 is 1.49 bits per heavy atom. The number of carbonyl (C=O) groups excluding carboxylic acids is 1. The molecule has 37 nitrogen and oxygen atoms in total. The first-order valence-corrected chi connectivity index (χ1v) is 29.2. The number of phosphoric ester groups is 2. The highest BCUT2D eigenvalue weighted by Crippen LogP contribution is 2.68. The van der Waals surface area contributed by atoms with Crippen molar-refractivity contribution in [1.29, 1.82) is 0 Å². The molecular formula is C35H50N13O24P4S+. The number of rotatable bonds is 21. The van der Waals surface area contributed by atoms with E-state index in [0.29, 0.717) is 0 Å². The van der Waals surface area contributed by atoms with Gasteiger partial charge < -0.3 is 74.7 Å². The Morgan fingerprint density at radius 1 is 0.844 bits per heavy atom. The minimum Gasteiger partial charge on any atom is -0.387 e. The predicted molar refractivity (Wildman–Crippen MR) is 255 cm³/mol. The zero-order valence-electron chi connectivity index (χ0n) is 40.1. The number of methoxy groups -OCH3 is 1. The number of aromatic nitrogens is 10. The van der Waals surface area contributed by atoms with Crippen LogP contribution < -0.4 is 32.8 Å². The van der Waals surface area contributed by atoms with Crippen LogP contribution in [0.5, 0.6) is 0 Å². The molecule has 0 aliphatic carbocycles. The van der Waals surface area contributed by atoms with Crippen molar-refractivity contribution in [2.45, 2.75) is 73.9 Å². The number of imidazole rings is 2. The number of anilines is 2. The van der Waals surface area contributed by atoms with Crippen LogP contribution in [-0.2, 0) is 83.0 Å². The number of nitrogens with one attached hydrogen (secondary N) is 2. The van der Waals surface area contributed by atoms with E-state index in [2.05, 4.69) is 33.5 Å². The van der Waals surface area contributed by atoms with E-state index in [-0.39, 0.29) is 34.1 Å². The Bertz CT molecular complexity index is 3420.